The van der Waals surface area contributed by atoms with Gasteiger partial charge in [0.1, 0.15) is 11.9 Å². The first kappa shape index (κ1) is 15.9. The van der Waals surface area contributed by atoms with E-state index in [1.54, 1.807) is 11.8 Å². The maximum Gasteiger partial charge on any atom is 0.108 e. The Morgan fingerprint density at radius 1 is 0.840 bits per heavy atom. The highest BCUT2D eigenvalue weighted by Crippen LogP contribution is 2.36. The number of hydrogen-bond acceptors (Lipinski definition) is 4. The van der Waals surface area contributed by atoms with Crippen molar-refractivity contribution in [3.05, 3.63) is 96.3 Å². The van der Waals surface area contributed by atoms with Crippen LogP contribution in [0, 0.1) is 0 Å². The molecule has 3 aromatic rings. The molecule has 2 atom stereocenters. The summed E-state index contributed by atoms with van der Waals surface area (Å²) in [5.74, 6) is 1.88. The van der Waals surface area contributed by atoms with E-state index in [4.69, 9.17) is 4.99 Å². The van der Waals surface area contributed by atoms with Gasteiger partial charge in [0.05, 0.1) is 11.8 Å². The van der Waals surface area contributed by atoms with Crippen molar-refractivity contribution in [1.82, 2.24) is 10.3 Å². The van der Waals surface area contributed by atoms with Crippen molar-refractivity contribution in [2.75, 3.05) is 5.75 Å². The summed E-state index contributed by atoms with van der Waals surface area (Å²) in [7, 11) is 0. The summed E-state index contributed by atoms with van der Waals surface area (Å²) >= 11 is 1.80. The molecule has 4 heteroatoms. The second-order valence-corrected chi connectivity index (χ2v) is 6.99. The third kappa shape index (κ3) is 3.74. The van der Waals surface area contributed by atoms with Crippen LogP contribution in [0.25, 0.3) is 0 Å². The van der Waals surface area contributed by atoms with Gasteiger partial charge in [0.25, 0.3) is 0 Å². The number of aromatic nitrogens is 1. The minimum Gasteiger partial charge on any atom is -0.364 e. The maximum absolute atomic E-state index is 4.99. The molecule has 2 aromatic carbocycles. The Bertz CT molecular complexity index is 835. The number of aliphatic imine (C=N–C) groups is 1. The van der Waals surface area contributed by atoms with Crippen LogP contribution in [-0.2, 0) is 0 Å². The highest BCUT2D eigenvalue weighted by atomic mass is 32.2. The van der Waals surface area contributed by atoms with Gasteiger partial charge >= 0.3 is 0 Å². The average Bonchev–Trinajstić information content (AvgIpc) is 3.13. The summed E-state index contributed by atoms with van der Waals surface area (Å²) in [5, 5.41) is 3.62. The lowest BCUT2D eigenvalue weighted by Crippen LogP contribution is -2.25. The van der Waals surface area contributed by atoms with Crippen LogP contribution in [0.15, 0.2) is 95.1 Å². The van der Waals surface area contributed by atoms with E-state index < -0.39 is 0 Å². The zero-order valence-electron chi connectivity index (χ0n) is 13.7. The Morgan fingerprint density at radius 3 is 2.28 bits per heavy atom. The van der Waals surface area contributed by atoms with Crippen molar-refractivity contribution in [3.63, 3.8) is 0 Å². The van der Waals surface area contributed by atoms with E-state index in [0.717, 1.165) is 11.6 Å². The van der Waals surface area contributed by atoms with Gasteiger partial charge in [0.15, 0.2) is 0 Å². The molecule has 0 amide bonds. The van der Waals surface area contributed by atoms with E-state index in [-0.39, 0.29) is 12.1 Å². The van der Waals surface area contributed by atoms with Crippen LogP contribution in [-0.4, -0.2) is 16.6 Å². The first-order valence-corrected chi connectivity index (χ1v) is 9.34. The smallest absolute Gasteiger partial charge is 0.108 e. The monoisotopic (exact) mass is 345 g/mol. The fourth-order valence-corrected chi connectivity index (χ4v) is 3.84. The maximum atomic E-state index is 4.99. The van der Waals surface area contributed by atoms with Gasteiger partial charge in [-0.05, 0) is 29.3 Å². The molecule has 1 aliphatic heterocycles. The number of rotatable bonds is 5. The SMILES string of the molecule is c1ccc(SCC2=N[C@H](c3ccccc3)[C@H](c3cccnc3)N2)cc1. The lowest BCUT2D eigenvalue weighted by atomic mass is 9.96. The fourth-order valence-electron chi connectivity index (χ4n) is 3.03. The van der Waals surface area contributed by atoms with Gasteiger partial charge in [-0.2, -0.15) is 0 Å². The van der Waals surface area contributed by atoms with Gasteiger partial charge in [0.2, 0.25) is 0 Å². The van der Waals surface area contributed by atoms with Crippen molar-refractivity contribution in [1.29, 1.82) is 0 Å². The van der Waals surface area contributed by atoms with Gasteiger partial charge in [-0.15, -0.1) is 11.8 Å². The lowest BCUT2D eigenvalue weighted by molar-refractivity contribution is 0.570. The molecular weight excluding hydrogens is 326 g/mol. The molecule has 0 aliphatic carbocycles. The molecule has 0 unspecified atom stereocenters. The molecule has 0 saturated heterocycles. The molecule has 0 radical (unpaired) electrons. The Hall–Kier alpha value is -2.59. The molecule has 2 heterocycles. The van der Waals surface area contributed by atoms with Crippen molar-refractivity contribution in [2.45, 2.75) is 17.0 Å². The summed E-state index contributed by atoms with van der Waals surface area (Å²) in [6, 6.07) is 25.2. The van der Waals surface area contributed by atoms with Crippen molar-refractivity contribution < 1.29 is 0 Å². The van der Waals surface area contributed by atoms with Crippen molar-refractivity contribution >= 4 is 17.6 Å². The number of pyridine rings is 1. The first-order valence-electron chi connectivity index (χ1n) is 8.36. The molecule has 4 rings (SSSR count). The van der Waals surface area contributed by atoms with Gasteiger partial charge in [0, 0.05) is 17.3 Å². The minimum absolute atomic E-state index is 0.0803. The van der Waals surface area contributed by atoms with E-state index in [0.29, 0.717) is 0 Å². The Morgan fingerprint density at radius 2 is 1.56 bits per heavy atom. The zero-order chi connectivity index (χ0) is 16.9. The Kier molecular flexibility index (Phi) is 4.79. The number of nitrogens with one attached hydrogen (secondary N) is 1. The topological polar surface area (TPSA) is 37.3 Å². The highest BCUT2D eigenvalue weighted by molar-refractivity contribution is 8.00. The van der Waals surface area contributed by atoms with Crippen LogP contribution in [0.1, 0.15) is 23.2 Å². The van der Waals surface area contributed by atoms with E-state index in [2.05, 4.69) is 64.9 Å². The highest BCUT2D eigenvalue weighted by Gasteiger charge is 2.31. The van der Waals surface area contributed by atoms with Crippen LogP contribution in [0.2, 0.25) is 0 Å². The van der Waals surface area contributed by atoms with Crippen LogP contribution in [0.4, 0.5) is 0 Å². The molecule has 0 fully saturated rings. The summed E-state index contributed by atoms with van der Waals surface area (Å²) in [6.07, 6.45) is 3.74. The second-order valence-electron chi connectivity index (χ2n) is 5.94. The normalized spacial score (nSPS) is 19.3. The Balaban J connectivity index is 1.57. The fraction of sp³-hybridized carbons (Fsp3) is 0.143. The average molecular weight is 345 g/mol. The van der Waals surface area contributed by atoms with E-state index in [1.165, 1.54) is 16.0 Å². The number of thioether (sulfide) groups is 1. The molecular formula is C21H19N3S. The zero-order valence-corrected chi connectivity index (χ0v) is 14.6. The van der Waals surface area contributed by atoms with Crippen LogP contribution in [0.5, 0.6) is 0 Å². The molecule has 25 heavy (non-hydrogen) atoms. The largest absolute Gasteiger partial charge is 0.364 e. The predicted octanol–water partition coefficient (Wildman–Crippen LogP) is 4.66. The van der Waals surface area contributed by atoms with E-state index >= 15 is 0 Å². The van der Waals surface area contributed by atoms with Crippen LogP contribution in [0.3, 0.4) is 0 Å². The minimum atomic E-state index is 0.0803. The quantitative estimate of drug-likeness (QED) is 0.684. The van der Waals surface area contributed by atoms with E-state index in [9.17, 15) is 0 Å². The summed E-state index contributed by atoms with van der Waals surface area (Å²) in [4.78, 5) is 10.5. The predicted molar refractivity (Wildman–Crippen MR) is 104 cm³/mol. The standard InChI is InChI=1S/C21H19N3S/c1-3-8-16(9-4-1)20-21(17-10-7-13-22-14-17)24-19(23-20)15-25-18-11-5-2-6-12-18/h1-14,20-21H,15H2,(H,23,24)/t20-,21+/m1/s1. The molecule has 3 nitrogen and oxygen atoms in total. The van der Waals surface area contributed by atoms with Crippen molar-refractivity contribution in [2.24, 2.45) is 4.99 Å². The lowest BCUT2D eigenvalue weighted by Gasteiger charge is -2.19. The molecule has 1 N–H and O–H groups in total. The summed E-state index contributed by atoms with van der Waals surface area (Å²) in [6.45, 7) is 0. The number of hydrogen-bond donors (Lipinski definition) is 1. The van der Waals surface area contributed by atoms with Crippen LogP contribution >= 0.6 is 11.8 Å². The molecule has 0 saturated carbocycles. The third-order valence-corrected chi connectivity index (χ3v) is 5.26. The second kappa shape index (κ2) is 7.53. The molecule has 1 aliphatic rings. The Labute approximate surface area is 152 Å². The molecule has 0 bridgehead atoms. The summed E-state index contributed by atoms with van der Waals surface area (Å²) in [5.41, 5.74) is 2.39. The molecule has 124 valence electrons. The van der Waals surface area contributed by atoms with Crippen molar-refractivity contribution in [3.8, 4) is 0 Å². The molecule has 0 spiro atoms. The number of benzene rings is 2. The first-order chi connectivity index (χ1) is 12.4. The third-order valence-electron chi connectivity index (χ3n) is 4.24. The van der Waals surface area contributed by atoms with E-state index in [1.807, 2.05) is 30.6 Å². The van der Waals surface area contributed by atoms with Gasteiger partial charge in [-0.25, -0.2) is 0 Å². The van der Waals surface area contributed by atoms with Gasteiger partial charge in [-0.1, -0.05) is 54.6 Å². The van der Waals surface area contributed by atoms with Crippen LogP contribution < -0.4 is 5.32 Å². The molecule has 1 aromatic heterocycles. The summed E-state index contributed by atoms with van der Waals surface area (Å²) < 4.78 is 0. The number of nitrogens with zero attached hydrogens (tertiary/aromatic N) is 2. The van der Waals surface area contributed by atoms with Gasteiger partial charge < -0.3 is 5.32 Å². The number of amidine groups is 1. The van der Waals surface area contributed by atoms with Gasteiger partial charge in [-0.3, -0.25) is 9.98 Å².